The van der Waals surface area contributed by atoms with Gasteiger partial charge in [-0.05, 0) is 50.2 Å². The van der Waals surface area contributed by atoms with Crippen LogP contribution in [-0.2, 0) is 0 Å². The highest BCUT2D eigenvalue weighted by Gasteiger charge is 2.16. The molecule has 2 aromatic carbocycles. The Morgan fingerprint density at radius 2 is 1.81 bits per heavy atom. The third-order valence-electron chi connectivity index (χ3n) is 4.13. The first kappa shape index (κ1) is 17.9. The highest BCUT2D eigenvalue weighted by molar-refractivity contribution is 9.10. The van der Waals surface area contributed by atoms with Crippen LogP contribution in [0.4, 0.5) is 0 Å². The summed E-state index contributed by atoms with van der Waals surface area (Å²) in [6.45, 7) is 4.63. The average molecular weight is 441 g/mol. The smallest absolute Gasteiger partial charge is 0.146 e. The predicted molar refractivity (Wildman–Crippen MR) is 112 cm³/mol. The summed E-state index contributed by atoms with van der Waals surface area (Å²) in [5, 5.41) is 11.6. The topological polar surface area (TPSA) is 52.8 Å². The lowest BCUT2D eigenvalue weighted by Gasteiger charge is -2.06. The van der Waals surface area contributed by atoms with Crippen molar-refractivity contribution in [3.8, 4) is 33.4 Å². The standard InChI is InChI=1S/C20H17BrN4OS/c1-3-26-17-10-8-16(9-11-17)25-13(2)19(23-24-25)20-22-18(12-27-20)14-4-6-15(21)7-5-14/h4-12H,3H2,1-2H3. The minimum Gasteiger partial charge on any atom is -0.494 e. The van der Waals surface area contributed by atoms with Gasteiger partial charge in [0.25, 0.3) is 0 Å². The molecule has 0 aliphatic carbocycles. The van der Waals surface area contributed by atoms with Crippen molar-refractivity contribution in [2.24, 2.45) is 0 Å². The van der Waals surface area contributed by atoms with E-state index in [9.17, 15) is 0 Å². The summed E-state index contributed by atoms with van der Waals surface area (Å²) >= 11 is 5.04. The van der Waals surface area contributed by atoms with E-state index in [4.69, 9.17) is 9.72 Å². The molecule has 5 nitrogen and oxygen atoms in total. The highest BCUT2D eigenvalue weighted by atomic mass is 79.9. The first-order valence-corrected chi connectivity index (χ1v) is 10.2. The van der Waals surface area contributed by atoms with Gasteiger partial charge in [0.05, 0.1) is 23.7 Å². The van der Waals surface area contributed by atoms with Crippen molar-refractivity contribution in [3.63, 3.8) is 0 Å². The third kappa shape index (κ3) is 3.65. The molecule has 0 aliphatic rings. The minimum absolute atomic E-state index is 0.649. The van der Waals surface area contributed by atoms with Crippen molar-refractivity contribution in [3.05, 3.63) is 64.1 Å². The Morgan fingerprint density at radius 1 is 1.07 bits per heavy atom. The van der Waals surface area contributed by atoms with Crippen LogP contribution in [0.15, 0.2) is 58.4 Å². The number of rotatable bonds is 5. The van der Waals surface area contributed by atoms with Gasteiger partial charge >= 0.3 is 0 Å². The van der Waals surface area contributed by atoms with E-state index in [1.54, 1.807) is 11.3 Å². The van der Waals surface area contributed by atoms with E-state index in [2.05, 4.69) is 26.2 Å². The maximum atomic E-state index is 5.50. The number of halogens is 1. The number of hydrogen-bond donors (Lipinski definition) is 0. The van der Waals surface area contributed by atoms with Crippen LogP contribution in [0.3, 0.4) is 0 Å². The zero-order valence-electron chi connectivity index (χ0n) is 14.9. The molecule has 7 heteroatoms. The molecule has 4 rings (SSSR count). The zero-order valence-corrected chi connectivity index (χ0v) is 17.3. The van der Waals surface area contributed by atoms with Gasteiger partial charge < -0.3 is 4.74 Å². The summed E-state index contributed by atoms with van der Waals surface area (Å²) in [4.78, 5) is 4.75. The minimum atomic E-state index is 0.649. The van der Waals surface area contributed by atoms with Gasteiger partial charge in [0.15, 0.2) is 0 Å². The molecule has 0 N–H and O–H groups in total. The molecule has 0 atom stereocenters. The van der Waals surface area contributed by atoms with Gasteiger partial charge in [0.2, 0.25) is 0 Å². The van der Waals surface area contributed by atoms with Crippen molar-refractivity contribution in [1.29, 1.82) is 0 Å². The molecule has 4 aromatic rings. The fourth-order valence-corrected chi connectivity index (χ4v) is 3.89. The molecule has 0 amide bonds. The monoisotopic (exact) mass is 440 g/mol. The molecular formula is C20H17BrN4OS. The SMILES string of the molecule is CCOc1ccc(-n2nnc(-c3nc(-c4ccc(Br)cc4)cs3)c2C)cc1. The molecule has 0 spiro atoms. The molecule has 0 unspecified atom stereocenters. The molecule has 2 heterocycles. The van der Waals surface area contributed by atoms with Gasteiger partial charge in [-0.15, -0.1) is 16.4 Å². The quantitative estimate of drug-likeness (QED) is 0.409. The second-order valence-corrected chi connectivity index (χ2v) is 7.68. The van der Waals surface area contributed by atoms with Crippen LogP contribution in [-0.4, -0.2) is 26.6 Å². The van der Waals surface area contributed by atoms with Crippen LogP contribution >= 0.6 is 27.3 Å². The largest absolute Gasteiger partial charge is 0.494 e. The van der Waals surface area contributed by atoms with Crippen LogP contribution in [0, 0.1) is 6.92 Å². The number of benzene rings is 2. The van der Waals surface area contributed by atoms with Crippen molar-refractivity contribution in [2.75, 3.05) is 6.61 Å². The summed E-state index contributed by atoms with van der Waals surface area (Å²) in [6.07, 6.45) is 0. The summed E-state index contributed by atoms with van der Waals surface area (Å²) < 4.78 is 8.37. The Kier molecular flexibility index (Phi) is 5.05. The van der Waals surface area contributed by atoms with E-state index in [0.717, 1.165) is 43.6 Å². The summed E-state index contributed by atoms with van der Waals surface area (Å²) in [5.74, 6) is 0.846. The number of nitrogens with zero attached hydrogens (tertiary/aromatic N) is 4. The van der Waals surface area contributed by atoms with Crippen LogP contribution in [0.5, 0.6) is 5.75 Å². The van der Waals surface area contributed by atoms with Gasteiger partial charge in [-0.3, -0.25) is 0 Å². The Bertz CT molecular complexity index is 1050. The van der Waals surface area contributed by atoms with Crippen molar-refractivity contribution in [1.82, 2.24) is 20.0 Å². The molecule has 0 aliphatic heterocycles. The maximum Gasteiger partial charge on any atom is 0.146 e. The van der Waals surface area contributed by atoms with Gasteiger partial charge in [-0.25, -0.2) is 9.67 Å². The first-order valence-electron chi connectivity index (χ1n) is 8.53. The molecule has 0 saturated carbocycles. The lowest BCUT2D eigenvalue weighted by molar-refractivity contribution is 0.340. The fraction of sp³-hybridized carbons (Fsp3) is 0.150. The summed E-state index contributed by atoms with van der Waals surface area (Å²) in [5.41, 5.74) is 4.72. The molecule has 2 aromatic heterocycles. The predicted octanol–water partition coefficient (Wildman–Crippen LogP) is 5.53. The number of ether oxygens (including phenoxy) is 1. The molecule has 27 heavy (non-hydrogen) atoms. The number of aromatic nitrogens is 4. The second kappa shape index (κ2) is 7.62. The summed E-state index contributed by atoms with van der Waals surface area (Å²) in [6, 6.07) is 16.0. The van der Waals surface area contributed by atoms with Crippen LogP contribution in [0.2, 0.25) is 0 Å². The van der Waals surface area contributed by atoms with E-state index in [1.165, 1.54) is 0 Å². The Balaban J connectivity index is 1.63. The van der Waals surface area contributed by atoms with Crippen molar-refractivity contribution in [2.45, 2.75) is 13.8 Å². The second-order valence-electron chi connectivity index (χ2n) is 5.91. The average Bonchev–Trinajstić information content (AvgIpc) is 3.30. The van der Waals surface area contributed by atoms with Crippen LogP contribution < -0.4 is 4.74 Å². The van der Waals surface area contributed by atoms with Gasteiger partial charge in [0.1, 0.15) is 16.5 Å². The van der Waals surface area contributed by atoms with E-state index in [-0.39, 0.29) is 0 Å². The molecule has 0 fully saturated rings. The Hall–Kier alpha value is -2.51. The fourth-order valence-electron chi connectivity index (χ4n) is 2.76. The van der Waals surface area contributed by atoms with Gasteiger partial charge in [0, 0.05) is 15.4 Å². The maximum absolute atomic E-state index is 5.50. The van der Waals surface area contributed by atoms with Crippen molar-refractivity contribution >= 4 is 27.3 Å². The lowest BCUT2D eigenvalue weighted by Crippen LogP contribution is -1.99. The van der Waals surface area contributed by atoms with Crippen LogP contribution in [0.25, 0.3) is 27.6 Å². The molecule has 0 bridgehead atoms. The van der Waals surface area contributed by atoms with Crippen LogP contribution in [0.1, 0.15) is 12.6 Å². The Labute approximate surface area is 169 Å². The highest BCUT2D eigenvalue weighted by Crippen LogP contribution is 2.30. The van der Waals surface area contributed by atoms with E-state index in [0.29, 0.717) is 6.61 Å². The summed E-state index contributed by atoms with van der Waals surface area (Å²) in [7, 11) is 0. The zero-order chi connectivity index (χ0) is 18.8. The lowest BCUT2D eigenvalue weighted by atomic mass is 10.2. The normalized spacial score (nSPS) is 10.9. The first-order chi connectivity index (χ1) is 13.2. The van der Waals surface area contributed by atoms with E-state index in [1.807, 2.05) is 72.4 Å². The third-order valence-corrected chi connectivity index (χ3v) is 5.51. The molecule has 0 saturated heterocycles. The molecular weight excluding hydrogens is 424 g/mol. The number of hydrogen-bond acceptors (Lipinski definition) is 5. The molecule has 136 valence electrons. The Morgan fingerprint density at radius 3 is 2.52 bits per heavy atom. The van der Waals surface area contributed by atoms with E-state index < -0.39 is 0 Å². The van der Waals surface area contributed by atoms with E-state index >= 15 is 0 Å². The van der Waals surface area contributed by atoms with Gasteiger partial charge in [-0.2, -0.15) is 0 Å². The number of thiazole rings is 1. The molecule has 0 radical (unpaired) electrons. The van der Waals surface area contributed by atoms with Crippen molar-refractivity contribution < 1.29 is 4.74 Å². The van der Waals surface area contributed by atoms with Gasteiger partial charge in [-0.1, -0.05) is 33.3 Å².